The molecule has 0 spiro atoms. The van der Waals surface area contributed by atoms with Gasteiger partial charge in [0.1, 0.15) is 6.07 Å². The van der Waals surface area contributed by atoms with Crippen LogP contribution in [0.25, 0.3) is 10.1 Å². The first-order valence-corrected chi connectivity index (χ1v) is 5.93. The van der Waals surface area contributed by atoms with E-state index in [0.29, 0.717) is 5.56 Å². The molecule has 13 heavy (non-hydrogen) atoms. The lowest BCUT2D eigenvalue weighted by Gasteiger charge is -2.00. The molecule has 0 atom stereocenters. The van der Waals surface area contributed by atoms with Crippen LogP contribution in [0.1, 0.15) is 5.56 Å². The van der Waals surface area contributed by atoms with E-state index in [-0.39, 0.29) is 0 Å². The first-order valence-electron chi connectivity index (χ1n) is 3.53. The van der Waals surface area contributed by atoms with Crippen molar-refractivity contribution >= 4 is 56.6 Å². The van der Waals surface area contributed by atoms with Gasteiger partial charge in [-0.15, -0.1) is 24.0 Å². The van der Waals surface area contributed by atoms with Crippen LogP contribution in [0.5, 0.6) is 0 Å². The highest BCUT2D eigenvalue weighted by atomic mass is 127. The molecule has 0 saturated heterocycles. The average Bonchev–Trinajstić information content (AvgIpc) is 2.53. The molecular weight excluding hydrogens is 313 g/mol. The first kappa shape index (κ1) is 9.31. The highest BCUT2D eigenvalue weighted by Gasteiger charge is 2.08. The maximum absolute atomic E-state index is 8.93. The van der Waals surface area contributed by atoms with Gasteiger partial charge in [-0.2, -0.15) is 5.26 Å². The summed E-state index contributed by atoms with van der Waals surface area (Å²) < 4.78 is 2.33. The van der Waals surface area contributed by atoms with E-state index in [2.05, 4.69) is 41.3 Å². The Balaban J connectivity index is 2.99. The second kappa shape index (κ2) is 3.48. The van der Waals surface area contributed by atoms with Gasteiger partial charge in [0.2, 0.25) is 0 Å². The lowest BCUT2D eigenvalue weighted by Crippen LogP contribution is -1.81. The van der Waals surface area contributed by atoms with Crippen LogP contribution in [0, 0.1) is 14.9 Å². The number of hydrogen-bond donors (Lipinski definition) is 1. The van der Waals surface area contributed by atoms with Crippen LogP contribution >= 0.6 is 46.6 Å². The van der Waals surface area contributed by atoms with Crippen molar-refractivity contribution in [1.29, 1.82) is 5.26 Å². The molecule has 0 aliphatic heterocycles. The lowest BCUT2D eigenvalue weighted by molar-refractivity contribution is 1.41. The normalized spacial score (nSPS) is 10.2. The fraction of sp³-hybridized carbons (Fsp3) is 0. The van der Waals surface area contributed by atoms with Crippen LogP contribution in [-0.4, -0.2) is 0 Å². The molecule has 1 heterocycles. The quantitative estimate of drug-likeness (QED) is 0.582. The highest BCUT2D eigenvalue weighted by Crippen LogP contribution is 2.32. The molecule has 0 aliphatic carbocycles. The molecule has 0 fully saturated rings. The minimum absolute atomic E-state index is 0.681. The van der Waals surface area contributed by atoms with Crippen molar-refractivity contribution in [3.63, 3.8) is 0 Å². The van der Waals surface area contributed by atoms with Crippen LogP contribution in [0.4, 0.5) is 0 Å². The largest absolute Gasteiger partial charge is 0.192 e. The molecular formula is C9H4INS2. The van der Waals surface area contributed by atoms with E-state index < -0.39 is 0 Å². The van der Waals surface area contributed by atoms with Crippen LogP contribution in [0.2, 0.25) is 0 Å². The van der Waals surface area contributed by atoms with E-state index in [9.17, 15) is 0 Å². The van der Waals surface area contributed by atoms with E-state index >= 15 is 0 Å². The van der Waals surface area contributed by atoms with Crippen molar-refractivity contribution in [2.45, 2.75) is 4.90 Å². The molecule has 64 valence electrons. The molecule has 0 saturated carbocycles. The monoisotopic (exact) mass is 317 g/mol. The van der Waals surface area contributed by atoms with Gasteiger partial charge in [-0.25, -0.2) is 0 Å². The molecule has 2 aromatic rings. The van der Waals surface area contributed by atoms with Crippen LogP contribution in [0.3, 0.4) is 0 Å². The Morgan fingerprint density at radius 1 is 1.54 bits per heavy atom. The number of nitrogens with zero attached hydrogens (tertiary/aromatic N) is 1. The molecule has 0 radical (unpaired) electrons. The van der Waals surface area contributed by atoms with E-state index in [1.165, 1.54) is 4.70 Å². The molecule has 0 amide bonds. The topological polar surface area (TPSA) is 23.8 Å². The number of thiol groups is 1. The van der Waals surface area contributed by atoms with Gasteiger partial charge in [-0.1, -0.05) is 0 Å². The van der Waals surface area contributed by atoms with Gasteiger partial charge >= 0.3 is 0 Å². The fourth-order valence-electron chi connectivity index (χ4n) is 1.20. The zero-order valence-electron chi connectivity index (χ0n) is 6.41. The molecule has 1 aromatic heterocycles. The number of halogens is 1. The number of fused-ring (bicyclic) bond motifs is 1. The van der Waals surface area contributed by atoms with Crippen molar-refractivity contribution < 1.29 is 0 Å². The number of rotatable bonds is 0. The van der Waals surface area contributed by atoms with Crippen molar-refractivity contribution in [2.24, 2.45) is 0 Å². The van der Waals surface area contributed by atoms with Gasteiger partial charge in [0.15, 0.2) is 0 Å². The number of thiophene rings is 1. The van der Waals surface area contributed by atoms with Gasteiger partial charge < -0.3 is 0 Å². The SMILES string of the molecule is N#Cc1c(S)cc(I)c2sccc12. The van der Waals surface area contributed by atoms with E-state index in [0.717, 1.165) is 13.9 Å². The summed E-state index contributed by atoms with van der Waals surface area (Å²) in [5, 5.41) is 11.9. The minimum atomic E-state index is 0.681. The molecule has 0 unspecified atom stereocenters. The Labute approximate surface area is 98.9 Å². The molecule has 2 rings (SSSR count). The second-order valence-electron chi connectivity index (χ2n) is 2.53. The molecule has 1 aromatic carbocycles. The lowest BCUT2D eigenvalue weighted by atomic mass is 10.1. The maximum Gasteiger partial charge on any atom is 0.101 e. The smallest absolute Gasteiger partial charge is 0.101 e. The predicted molar refractivity (Wildman–Crippen MR) is 66.5 cm³/mol. The predicted octanol–water partition coefficient (Wildman–Crippen LogP) is 3.67. The molecule has 0 bridgehead atoms. The number of hydrogen-bond acceptors (Lipinski definition) is 3. The summed E-state index contributed by atoms with van der Waals surface area (Å²) in [6.07, 6.45) is 0. The first-order chi connectivity index (χ1) is 6.24. The fourth-order valence-corrected chi connectivity index (χ4v) is 3.54. The molecule has 1 nitrogen and oxygen atoms in total. The van der Waals surface area contributed by atoms with Crippen LogP contribution in [-0.2, 0) is 0 Å². The van der Waals surface area contributed by atoms with Gasteiger partial charge in [0.25, 0.3) is 0 Å². The summed E-state index contributed by atoms with van der Waals surface area (Å²) in [4.78, 5) is 0.762. The Kier molecular flexibility index (Phi) is 2.49. The zero-order valence-corrected chi connectivity index (χ0v) is 10.3. The third kappa shape index (κ3) is 1.45. The van der Waals surface area contributed by atoms with Crippen molar-refractivity contribution in [3.05, 3.63) is 26.6 Å². The summed E-state index contributed by atoms with van der Waals surface area (Å²) in [5.74, 6) is 0. The Morgan fingerprint density at radius 2 is 2.31 bits per heavy atom. The van der Waals surface area contributed by atoms with E-state index in [4.69, 9.17) is 5.26 Å². The summed E-state index contributed by atoms with van der Waals surface area (Å²) in [6.45, 7) is 0. The van der Waals surface area contributed by atoms with Gasteiger partial charge in [-0.3, -0.25) is 0 Å². The molecule has 0 N–H and O–H groups in total. The van der Waals surface area contributed by atoms with E-state index in [1.807, 2.05) is 17.5 Å². The summed E-state index contributed by atoms with van der Waals surface area (Å²) in [7, 11) is 0. The maximum atomic E-state index is 8.93. The standard InChI is InChI=1S/C9H4INS2/c10-7-3-8(12)6(4-11)5-1-2-13-9(5)7/h1-3,12H. The van der Waals surface area contributed by atoms with Crippen molar-refractivity contribution in [3.8, 4) is 6.07 Å². The molecule has 0 aliphatic rings. The average molecular weight is 317 g/mol. The number of benzene rings is 1. The molecule has 4 heteroatoms. The Bertz CT molecular complexity index is 510. The van der Waals surface area contributed by atoms with Crippen molar-refractivity contribution in [2.75, 3.05) is 0 Å². The van der Waals surface area contributed by atoms with Crippen LogP contribution < -0.4 is 0 Å². The number of nitriles is 1. The summed E-state index contributed by atoms with van der Waals surface area (Å²) in [6, 6.07) is 6.08. The third-order valence-corrected chi connectivity index (χ3v) is 4.30. The summed E-state index contributed by atoms with van der Waals surface area (Å²) in [5.41, 5.74) is 0.681. The Morgan fingerprint density at radius 3 is 3.00 bits per heavy atom. The van der Waals surface area contributed by atoms with Gasteiger partial charge in [0, 0.05) is 18.6 Å². The van der Waals surface area contributed by atoms with Crippen LogP contribution in [0.15, 0.2) is 22.4 Å². The van der Waals surface area contributed by atoms with Crippen molar-refractivity contribution in [1.82, 2.24) is 0 Å². The van der Waals surface area contributed by atoms with E-state index in [1.54, 1.807) is 11.3 Å². The second-order valence-corrected chi connectivity index (χ2v) is 5.09. The minimum Gasteiger partial charge on any atom is -0.192 e. The zero-order chi connectivity index (χ0) is 9.42. The summed E-state index contributed by atoms with van der Waals surface area (Å²) >= 11 is 8.20. The van der Waals surface area contributed by atoms with Gasteiger partial charge in [-0.05, 0) is 40.1 Å². The van der Waals surface area contributed by atoms with Gasteiger partial charge in [0.05, 0.1) is 5.56 Å². The Hall–Kier alpha value is -0.250. The third-order valence-electron chi connectivity index (χ3n) is 1.78. The highest BCUT2D eigenvalue weighted by molar-refractivity contribution is 14.1.